The fraction of sp³-hybridized carbons (Fsp3) is 0.308. The number of allylic oxidation sites excluding steroid dienone is 8. The van der Waals surface area contributed by atoms with Gasteiger partial charge in [0.25, 0.3) is 0 Å². The summed E-state index contributed by atoms with van der Waals surface area (Å²) in [5, 5.41) is 9.81. The van der Waals surface area contributed by atoms with E-state index in [9.17, 15) is 5.26 Å². The van der Waals surface area contributed by atoms with Gasteiger partial charge in [0.1, 0.15) is 0 Å². The zero-order valence-electron chi connectivity index (χ0n) is 25.9. The Morgan fingerprint density at radius 2 is 1.52 bits per heavy atom. The zero-order valence-corrected chi connectivity index (χ0v) is 26.7. The molecule has 3 unspecified atom stereocenters. The highest BCUT2D eigenvalue weighted by Crippen LogP contribution is 2.63. The lowest BCUT2D eigenvalue weighted by Gasteiger charge is -2.41. The third-order valence-electron chi connectivity index (χ3n) is 11.1. The minimum absolute atomic E-state index is 0.181. The Balaban J connectivity index is 1.33. The molecule has 0 N–H and O–H groups in total. The van der Waals surface area contributed by atoms with Gasteiger partial charge in [-0.2, -0.15) is 5.26 Å². The molecule has 2 heterocycles. The Kier molecular flexibility index (Phi) is 6.18. The highest BCUT2D eigenvalue weighted by atomic mass is 32.2. The summed E-state index contributed by atoms with van der Waals surface area (Å²) in [5.74, 6) is 0.747. The van der Waals surface area contributed by atoms with E-state index >= 15 is 0 Å². The van der Waals surface area contributed by atoms with Crippen molar-refractivity contribution in [1.29, 1.82) is 5.26 Å². The van der Waals surface area contributed by atoms with Crippen molar-refractivity contribution in [3.63, 3.8) is 0 Å². The Morgan fingerprint density at radius 3 is 2.18 bits per heavy atom. The van der Waals surface area contributed by atoms with Crippen LogP contribution in [0.25, 0.3) is 5.57 Å². The monoisotopic (exact) mass is 593 g/mol. The summed E-state index contributed by atoms with van der Waals surface area (Å²) in [6.45, 7) is 10.7. The second-order valence-corrected chi connectivity index (χ2v) is 14.9. The largest absolute Gasteiger partial charge is 0.494 e. The fourth-order valence-corrected chi connectivity index (χ4v) is 9.25. The van der Waals surface area contributed by atoms with E-state index in [0.717, 1.165) is 17.5 Å². The van der Waals surface area contributed by atoms with Crippen molar-refractivity contribution in [3.8, 4) is 6.07 Å². The van der Waals surface area contributed by atoms with Crippen molar-refractivity contribution < 1.29 is 9.31 Å². The maximum Gasteiger partial charge on any atom is 0.494 e. The summed E-state index contributed by atoms with van der Waals surface area (Å²) in [4.78, 5) is 2.62. The van der Waals surface area contributed by atoms with Crippen LogP contribution in [0.1, 0.15) is 63.3 Å². The van der Waals surface area contributed by atoms with Crippen LogP contribution >= 0.6 is 11.8 Å². The second kappa shape index (κ2) is 9.72. The molecule has 1 fully saturated rings. The zero-order chi connectivity index (χ0) is 30.4. The molecular weight excluding hydrogens is 557 g/mol. The SMILES string of the molecule is CC1C(C#N)=CC=CC1C1C=CC2=C(C1)c1cc(B3OC(C)(C)C(C)(C)O3)ccc1C21c2ccccc2Sc2ccccc21. The van der Waals surface area contributed by atoms with Crippen LogP contribution in [0.5, 0.6) is 0 Å². The number of hydrogen-bond donors (Lipinski definition) is 0. The third-order valence-corrected chi connectivity index (χ3v) is 12.2. The quantitative estimate of drug-likeness (QED) is 0.280. The van der Waals surface area contributed by atoms with Gasteiger partial charge in [-0.3, -0.25) is 0 Å². The fourth-order valence-electron chi connectivity index (χ4n) is 8.05. The molecule has 3 atom stereocenters. The molecule has 3 aliphatic carbocycles. The number of rotatable bonds is 2. The van der Waals surface area contributed by atoms with Crippen LogP contribution in [-0.2, 0) is 14.7 Å². The first-order valence-electron chi connectivity index (χ1n) is 15.7. The van der Waals surface area contributed by atoms with Gasteiger partial charge in [0.15, 0.2) is 0 Å². The topological polar surface area (TPSA) is 42.2 Å². The molecule has 2 aliphatic heterocycles. The maximum atomic E-state index is 9.81. The van der Waals surface area contributed by atoms with Crippen LogP contribution in [0, 0.1) is 29.1 Å². The standard InChI is InChI=1S/C39H36BNO2S/c1-24-26(23-41)11-10-12-28(24)25-17-19-31-29(21-25)30-22-27(40-42-37(2,3)38(4,5)43-40)18-20-32(30)39(31)33-13-6-8-15-35(33)44-36-16-9-7-14-34(36)39/h6-20,22,24-25,28H,21H2,1-5H3. The lowest BCUT2D eigenvalue weighted by molar-refractivity contribution is 0.00578. The predicted octanol–water partition coefficient (Wildman–Crippen LogP) is 8.40. The van der Waals surface area contributed by atoms with Crippen molar-refractivity contribution in [2.24, 2.45) is 17.8 Å². The smallest absolute Gasteiger partial charge is 0.399 e. The molecule has 1 spiro atoms. The molecule has 5 heteroatoms. The van der Waals surface area contributed by atoms with Crippen molar-refractivity contribution in [1.82, 2.24) is 0 Å². The van der Waals surface area contributed by atoms with E-state index in [0.29, 0.717) is 5.92 Å². The molecular formula is C39H36BNO2S. The molecule has 8 rings (SSSR count). The summed E-state index contributed by atoms with van der Waals surface area (Å²) >= 11 is 1.87. The first kappa shape index (κ1) is 28.0. The van der Waals surface area contributed by atoms with Crippen molar-refractivity contribution in [2.45, 2.75) is 67.4 Å². The summed E-state index contributed by atoms with van der Waals surface area (Å²) < 4.78 is 13.1. The minimum Gasteiger partial charge on any atom is -0.399 e. The molecule has 0 radical (unpaired) electrons. The Morgan fingerprint density at radius 1 is 0.864 bits per heavy atom. The molecule has 218 valence electrons. The van der Waals surface area contributed by atoms with Gasteiger partial charge >= 0.3 is 7.12 Å². The maximum absolute atomic E-state index is 9.81. The van der Waals surface area contributed by atoms with E-state index in [1.165, 1.54) is 43.2 Å². The van der Waals surface area contributed by atoms with Gasteiger partial charge < -0.3 is 9.31 Å². The van der Waals surface area contributed by atoms with Crippen molar-refractivity contribution in [3.05, 3.63) is 131 Å². The van der Waals surface area contributed by atoms with Crippen LogP contribution in [0.15, 0.2) is 118 Å². The van der Waals surface area contributed by atoms with E-state index in [1.807, 2.05) is 17.8 Å². The van der Waals surface area contributed by atoms with Crippen LogP contribution < -0.4 is 5.46 Å². The van der Waals surface area contributed by atoms with Gasteiger partial charge in [-0.1, -0.05) is 97.6 Å². The lowest BCUT2D eigenvalue weighted by atomic mass is 9.64. The van der Waals surface area contributed by atoms with Crippen LogP contribution in [0.3, 0.4) is 0 Å². The molecule has 3 aromatic carbocycles. The number of nitrogens with zero attached hydrogens (tertiary/aromatic N) is 1. The molecule has 0 amide bonds. The molecule has 0 saturated carbocycles. The van der Waals surface area contributed by atoms with Crippen LogP contribution in [0.2, 0.25) is 0 Å². The van der Waals surface area contributed by atoms with Gasteiger partial charge in [0.05, 0.1) is 22.7 Å². The number of benzene rings is 3. The molecule has 3 nitrogen and oxygen atoms in total. The van der Waals surface area contributed by atoms with E-state index in [4.69, 9.17) is 9.31 Å². The molecule has 0 aromatic heterocycles. The summed E-state index contributed by atoms with van der Waals surface area (Å²) in [6, 6.07) is 27.3. The lowest BCUT2D eigenvalue weighted by Crippen LogP contribution is -2.41. The van der Waals surface area contributed by atoms with Crippen LogP contribution in [0.4, 0.5) is 0 Å². The number of fused-ring (bicyclic) bond motifs is 8. The van der Waals surface area contributed by atoms with E-state index in [2.05, 4.69) is 132 Å². The molecule has 1 saturated heterocycles. The van der Waals surface area contributed by atoms with Gasteiger partial charge in [-0.25, -0.2) is 0 Å². The summed E-state index contributed by atoms with van der Waals surface area (Å²) in [6.07, 6.45) is 12.1. The Labute approximate surface area is 265 Å². The molecule has 0 bridgehead atoms. The van der Waals surface area contributed by atoms with Crippen molar-refractivity contribution >= 4 is 29.9 Å². The van der Waals surface area contributed by atoms with Gasteiger partial charge in [-0.05, 0) is 109 Å². The predicted molar refractivity (Wildman–Crippen MR) is 179 cm³/mol. The van der Waals surface area contributed by atoms with Gasteiger partial charge in [0, 0.05) is 15.4 Å². The Hall–Kier alpha value is -3.56. The summed E-state index contributed by atoms with van der Waals surface area (Å²) in [5.41, 5.74) is 8.81. The number of hydrogen-bond acceptors (Lipinski definition) is 4. The Bertz CT molecular complexity index is 1830. The molecule has 5 aliphatic rings. The van der Waals surface area contributed by atoms with Gasteiger partial charge in [-0.15, -0.1) is 0 Å². The van der Waals surface area contributed by atoms with E-state index in [1.54, 1.807) is 0 Å². The van der Waals surface area contributed by atoms with Crippen molar-refractivity contribution in [2.75, 3.05) is 0 Å². The highest BCUT2D eigenvalue weighted by molar-refractivity contribution is 7.99. The van der Waals surface area contributed by atoms with Gasteiger partial charge in [0.2, 0.25) is 0 Å². The minimum atomic E-state index is -0.424. The second-order valence-electron chi connectivity index (χ2n) is 13.8. The highest BCUT2D eigenvalue weighted by Gasteiger charge is 2.54. The average Bonchev–Trinajstić information content (AvgIpc) is 3.43. The van der Waals surface area contributed by atoms with Crippen LogP contribution in [-0.4, -0.2) is 18.3 Å². The average molecular weight is 594 g/mol. The normalized spacial score (nSPS) is 26.5. The summed E-state index contributed by atoms with van der Waals surface area (Å²) in [7, 11) is -0.424. The van der Waals surface area contributed by atoms with E-state index < -0.39 is 23.7 Å². The first-order chi connectivity index (χ1) is 21.2. The number of nitriles is 1. The third kappa shape index (κ3) is 3.78. The molecule has 44 heavy (non-hydrogen) atoms. The molecule has 3 aromatic rings. The van der Waals surface area contributed by atoms with E-state index in [-0.39, 0.29) is 11.8 Å². The first-order valence-corrected chi connectivity index (χ1v) is 16.5.